The topological polar surface area (TPSA) is 37.8 Å². The van der Waals surface area contributed by atoms with Gasteiger partial charge in [-0.15, -0.1) is 0 Å². The second kappa shape index (κ2) is 5.95. The molecule has 3 nitrogen and oxygen atoms in total. The van der Waals surface area contributed by atoms with E-state index >= 15 is 0 Å². The van der Waals surface area contributed by atoms with Gasteiger partial charge in [0.25, 0.3) is 0 Å². The maximum atomic E-state index is 4.36. The molecule has 92 valence electrons. The molecule has 0 spiro atoms. The molecule has 0 unspecified atom stereocenters. The maximum absolute atomic E-state index is 4.36. The number of anilines is 1. The molecule has 18 heavy (non-hydrogen) atoms. The zero-order valence-electron chi connectivity index (χ0n) is 10.3. The monoisotopic (exact) mass is 351 g/mol. The van der Waals surface area contributed by atoms with Crippen LogP contribution >= 0.6 is 22.6 Å². The van der Waals surface area contributed by atoms with Crippen molar-refractivity contribution in [1.29, 1.82) is 0 Å². The van der Waals surface area contributed by atoms with Crippen LogP contribution in [0.1, 0.15) is 17.0 Å². The Morgan fingerprint density at radius 2 is 1.83 bits per heavy atom. The first-order chi connectivity index (χ1) is 8.67. The van der Waals surface area contributed by atoms with Gasteiger partial charge in [-0.1, -0.05) is 18.2 Å². The van der Waals surface area contributed by atoms with Crippen LogP contribution in [-0.2, 0) is 0 Å². The summed E-state index contributed by atoms with van der Waals surface area (Å²) in [5.41, 5.74) is 4.18. The molecular weight excluding hydrogens is 337 g/mol. The van der Waals surface area contributed by atoms with Crippen molar-refractivity contribution in [2.45, 2.75) is 6.92 Å². The number of benzene rings is 1. The third kappa shape index (κ3) is 3.53. The number of nitrogens with one attached hydrogen (secondary N) is 1. The molecule has 0 aliphatic heterocycles. The van der Waals surface area contributed by atoms with Crippen LogP contribution in [0, 0.1) is 10.8 Å². The summed E-state index contributed by atoms with van der Waals surface area (Å²) in [4.78, 5) is 8.60. The van der Waals surface area contributed by atoms with Crippen LogP contribution in [0.4, 0.5) is 5.69 Å². The van der Waals surface area contributed by atoms with Gasteiger partial charge in [-0.25, -0.2) is 9.97 Å². The molecule has 1 heterocycles. The second-order valence-corrected chi connectivity index (χ2v) is 4.87. The summed E-state index contributed by atoms with van der Waals surface area (Å²) >= 11 is 2.13. The lowest BCUT2D eigenvalue weighted by molar-refractivity contribution is 1.04. The zero-order chi connectivity index (χ0) is 13.0. The minimum absolute atomic E-state index is 0.776. The van der Waals surface area contributed by atoms with Gasteiger partial charge in [-0.05, 0) is 36.8 Å². The molecule has 0 radical (unpaired) electrons. The highest BCUT2D eigenvalue weighted by Gasteiger charge is 1.96. The van der Waals surface area contributed by atoms with E-state index < -0.39 is 0 Å². The third-order valence-corrected chi connectivity index (χ3v) is 2.98. The molecule has 0 aliphatic carbocycles. The van der Waals surface area contributed by atoms with E-state index in [1.54, 1.807) is 0 Å². The highest BCUT2D eigenvalue weighted by molar-refractivity contribution is 14.1. The fraction of sp³-hybridized carbons (Fsp3) is 0.143. The van der Waals surface area contributed by atoms with Gasteiger partial charge in [0, 0.05) is 41.0 Å². The Kier molecular flexibility index (Phi) is 4.30. The van der Waals surface area contributed by atoms with E-state index in [0.29, 0.717) is 0 Å². The van der Waals surface area contributed by atoms with Crippen LogP contribution in [0.5, 0.6) is 0 Å². The number of halogens is 1. The molecular formula is C14H14IN3. The Balaban J connectivity index is 2.18. The average Bonchev–Trinajstić information content (AvgIpc) is 2.36. The van der Waals surface area contributed by atoms with Crippen molar-refractivity contribution in [3.63, 3.8) is 0 Å². The van der Waals surface area contributed by atoms with E-state index in [4.69, 9.17) is 0 Å². The standard InChI is InChI=1S/C14H14IN3/c1-10-9-13(18-14(15)17-10)8-5-11-3-6-12(16-2)7-4-11/h3-9,16H,1-2H3/b8-5+. The Hall–Kier alpha value is -1.43. The van der Waals surface area contributed by atoms with E-state index in [-0.39, 0.29) is 0 Å². The summed E-state index contributed by atoms with van der Waals surface area (Å²) in [5.74, 6) is 0. The lowest BCUT2D eigenvalue weighted by Gasteiger charge is -2.00. The molecule has 0 atom stereocenters. The summed E-state index contributed by atoms with van der Waals surface area (Å²) in [6.07, 6.45) is 4.06. The summed E-state index contributed by atoms with van der Waals surface area (Å²) in [6.45, 7) is 1.98. The lowest BCUT2D eigenvalue weighted by Crippen LogP contribution is -1.92. The number of hydrogen-bond donors (Lipinski definition) is 1. The van der Waals surface area contributed by atoms with Gasteiger partial charge in [0.1, 0.15) is 0 Å². The average molecular weight is 351 g/mol. The molecule has 0 saturated carbocycles. The summed E-state index contributed by atoms with van der Waals surface area (Å²) in [6, 6.07) is 10.2. The Morgan fingerprint density at radius 1 is 1.11 bits per heavy atom. The van der Waals surface area contributed by atoms with Crippen LogP contribution in [0.15, 0.2) is 30.3 Å². The van der Waals surface area contributed by atoms with E-state index in [0.717, 1.165) is 26.5 Å². The zero-order valence-corrected chi connectivity index (χ0v) is 12.5. The molecule has 0 fully saturated rings. The van der Waals surface area contributed by atoms with Crippen molar-refractivity contribution < 1.29 is 0 Å². The summed E-state index contributed by atoms with van der Waals surface area (Å²) in [5, 5.41) is 3.10. The molecule has 4 heteroatoms. The van der Waals surface area contributed by atoms with E-state index in [9.17, 15) is 0 Å². The number of nitrogens with zero attached hydrogens (tertiary/aromatic N) is 2. The number of aryl methyl sites for hydroxylation is 1. The number of rotatable bonds is 3. The first-order valence-electron chi connectivity index (χ1n) is 5.64. The third-order valence-electron chi connectivity index (χ3n) is 2.49. The fourth-order valence-corrected chi connectivity index (χ4v) is 2.24. The summed E-state index contributed by atoms with van der Waals surface area (Å²) < 4.78 is 0.776. The highest BCUT2D eigenvalue weighted by Crippen LogP contribution is 2.12. The molecule has 1 aromatic carbocycles. The van der Waals surface area contributed by atoms with E-state index in [2.05, 4.69) is 68.2 Å². The number of aromatic nitrogens is 2. The van der Waals surface area contributed by atoms with Crippen molar-refractivity contribution in [2.24, 2.45) is 0 Å². The van der Waals surface area contributed by atoms with Gasteiger partial charge in [-0.2, -0.15) is 0 Å². The predicted octanol–water partition coefficient (Wildman–Crippen LogP) is 3.60. The van der Waals surface area contributed by atoms with Crippen LogP contribution in [0.25, 0.3) is 12.2 Å². The lowest BCUT2D eigenvalue weighted by atomic mass is 10.2. The van der Waals surface area contributed by atoms with Crippen molar-refractivity contribution in [3.8, 4) is 0 Å². The van der Waals surface area contributed by atoms with Crippen LogP contribution in [0.3, 0.4) is 0 Å². The van der Waals surface area contributed by atoms with Gasteiger partial charge >= 0.3 is 0 Å². The van der Waals surface area contributed by atoms with E-state index in [1.165, 1.54) is 0 Å². The molecule has 0 aliphatic rings. The molecule has 0 amide bonds. The second-order valence-electron chi connectivity index (χ2n) is 3.91. The van der Waals surface area contributed by atoms with Crippen LogP contribution in [-0.4, -0.2) is 17.0 Å². The minimum Gasteiger partial charge on any atom is -0.388 e. The van der Waals surface area contributed by atoms with Crippen LogP contribution < -0.4 is 5.32 Å². The van der Waals surface area contributed by atoms with Gasteiger partial charge in [0.15, 0.2) is 3.83 Å². The summed E-state index contributed by atoms with van der Waals surface area (Å²) in [7, 11) is 1.91. The van der Waals surface area contributed by atoms with Crippen LogP contribution in [0.2, 0.25) is 0 Å². The molecule has 1 N–H and O–H groups in total. The predicted molar refractivity (Wildman–Crippen MR) is 84.4 cm³/mol. The fourth-order valence-electron chi connectivity index (χ4n) is 1.58. The number of hydrogen-bond acceptors (Lipinski definition) is 3. The first-order valence-corrected chi connectivity index (χ1v) is 6.72. The Labute approximate surface area is 121 Å². The quantitative estimate of drug-likeness (QED) is 0.678. The molecule has 2 rings (SSSR count). The van der Waals surface area contributed by atoms with Gasteiger partial charge < -0.3 is 5.32 Å². The smallest absolute Gasteiger partial charge is 0.191 e. The largest absolute Gasteiger partial charge is 0.388 e. The van der Waals surface area contributed by atoms with Crippen molar-refractivity contribution in [3.05, 3.63) is 51.1 Å². The van der Waals surface area contributed by atoms with Gasteiger partial charge in [0.05, 0.1) is 5.69 Å². The normalized spacial score (nSPS) is 10.8. The Bertz CT molecular complexity index is 542. The SMILES string of the molecule is CNc1ccc(/C=C/c2cc(C)nc(I)n2)cc1. The molecule has 0 bridgehead atoms. The Morgan fingerprint density at radius 3 is 2.44 bits per heavy atom. The molecule has 0 saturated heterocycles. The molecule has 1 aromatic heterocycles. The minimum atomic E-state index is 0.776. The first kappa shape index (κ1) is 13.0. The highest BCUT2D eigenvalue weighted by atomic mass is 127. The maximum Gasteiger partial charge on any atom is 0.191 e. The van der Waals surface area contributed by atoms with Crippen molar-refractivity contribution in [2.75, 3.05) is 12.4 Å². The van der Waals surface area contributed by atoms with E-state index in [1.807, 2.05) is 26.1 Å². The van der Waals surface area contributed by atoms with Crippen molar-refractivity contribution >= 4 is 40.4 Å². The van der Waals surface area contributed by atoms with Crippen molar-refractivity contribution in [1.82, 2.24) is 9.97 Å². The van der Waals surface area contributed by atoms with Gasteiger partial charge in [-0.3, -0.25) is 0 Å². The van der Waals surface area contributed by atoms with Gasteiger partial charge in [0.2, 0.25) is 0 Å². The molecule has 2 aromatic rings.